The number of benzene rings is 1. The van der Waals surface area contributed by atoms with Gasteiger partial charge in [0.1, 0.15) is 12.3 Å². The number of aryl methyl sites for hydroxylation is 2. The summed E-state index contributed by atoms with van der Waals surface area (Å²) in [6.45, 7) is 6.85. The maximum absolute atomic E-state index is 11.8. The van der Waals surface area contributed by atoms with E-state index in [1.165, 1.54) is 6.20 Å². The van der Waals surface area contributed by atoms with Gasteiger partial charge in [0.2, 0.25) is 11.7 Å². The van der Waals surface area contributed by atoms with Crippen LogP contribution in [0.25, 0.3) is 11.6 Å². The van der Waals surface area contributed by atoms with Gasteiger partial charge in [0.25, 0.3) is 0 Å². The Bertz CT molecular complexity index is 884. The van der Waals surface area contributed by atoms with Crippen molar-refractivity contribution in [3.8, 4) is 17.3 Å². The summed E-state index contributed by atoms with van der Waals surface area (Å²) in [6.07, 6.45) is 1.36. The van der Waals surface area contributed by atoms with Crippen molar-refractivity contribution in [3.63, 3.8) is 0 Å². The van der Waals surface area contributed by atoms with Crippen LogP contribution in [-0.4, -0.2) is 27.3 Å². The first-order valence-electron chi connectivity index (χ1n) is 8.51. The van der Waals surface area contributed by atoms with E-state index in [0.29, 0.717) is 24.6 Å². The first-order valence-corrected chi connectivity index (χ1v) is 8.51. The lowest BCUT2D eigenvalue weighted by atomic mass is 10.2. The molecule has 3 rings (SSSR count). The minimum absolute atomic E-state index is 0.0531. The van der Waals surface area contributed by atoms with Crippen LogP contribution in [-0.2, 0) is 17.9 Å². The van der Waals surface area contributed by atoms with Crippen LogP contribution < -0.4 is 4.74 Å². The summed E-state index contributed by atoms with van der Waals surface area (Å²) in [7, 11) is 0. The molecule has 0 radical (unpaired) electrons. The number of hydrogen-bond acceptors (Lipinski definition) is 6. The molecule has 0 amide bonds. The fourth-order valence-electron chi connectivity index (χ4n) is 2.58. The number of nitrogens with zero attached hydrogens (tertiary/aromatic N) is 3. The maximum Gasteiger partial charge on any atom is 0.375 e. The van der Waals surface area contributed by atoms with Crippen LogP contribution in [0, 0.1) is 6.92 Å². The average molecular weight is 355 g/mol. The van der Waals surface area contributed by atoms with Crippen LogP contribution >= 0.6 is 0 Å². The van der Waals surface area contributed by atoms with E-state index in [0.717, 1.165) is 11.3 Å². The third kappa shape index (κ3) is 3.61. The molecule has 0 N–H and O–H groups in total. The van der Waals surface area contributed by atoms with Gasteiger partial charge in [-0.1, -0.05) is 30.3 Å². The molecule has 0 saturated heterocycles. The highest BCUT2D eigenvalue weighted by Gasteiger charge is 2.24. The Morgan fingerprint density at radius 2 is 2.00 bits per heavy atom. The van der Waals surface area contributed by atoms with Crippen molar-refractivity contribution in [2.45, 2.75) is 33.9 Å². The van der Waals surface area contributed by atoms with Gasteiger partial charge in [-0.2, -0.15) is 5.10 Å². The molecule has 26 heavy (non-hydrogen) atoms. The Morgan fingerprint density at radius 3 is 2.69 bits per heavy atom. The summed E-state index contributed by atoms with van der Waals surface area (Å²) < 4.78 is 18.3. The third-order valence-corrected chi connectivity index (χ3v) is 3.78. The largest absolute Gasteiger partial charge is 0.484 e. The average Bonchev–Trinajstić information content (AvgIpc) is 3.25. The highest BCUT2D eigenvalue weighted by atomic mass is 16.5. The molecule has 0 atom stereocenters. The zero-order valence-electron chi connectivity index (χ0n) is 15.1. The number of rotatable bonds is 7. The highest BCUT2D eigenvalue weighted by Crippen LogP contribution is 2.33. The Morgan fingerprint density at radius 1 is 1.23 bits per heavy atom. The van der Waals surface area contributed by atoms with E-state index < -0.39 is 5.97 Å². The van der Waals surface area contributed by atoms with Crippen LogP contribution in [0.3, 0.4) is 0 Å². The molecule has 1 aromatic carbocycles. The zero-order valence-corrected chi connectivity index (χ0v) is 15.1. The summed E-state index contributed by atoms with van der Waals surface area (Å²) in [5, 5.41) is 4.48. The van der Waals surface area contributed by atoms with E-state index in [-0.39, 0.29) is 18.3 Å². The lowest BCUT2D eigenvalue weighted by molar-refractivity contribution is 0.0491. The molecule has 2 aromatic heterocycles. The lowest BCUT2D eigenvalue weighted by Crippen LogP contribution is -2.03. The van der Waals surface area contributed by atoms with Gasteiger partial charge in [-0.05, 0) is 26.3 Å². The van der Waals surface area contributed by atoms with Crippen molar-refractivity contribution in [3.05, 3.63) is 53.5 Å². The molecule has 7 nitrogen and oxygen atoms in total. The van der Waals surface area contributed by atoms with E-state index in [9.17, 15) is 4.79 Å². The van der Waals surface area contributed by atoms with E-state index in [1.54, 1.807) is 11.6 Å². The van der Waals surface area contributed by atoms with Gasteiger partial charge in [0, 0.05) is 6.54 Å². The second-order valence-corrected chi connectivity index (χ2v) is 5.60. The third-order valence-electron chi connectivity index (χ3n) is 3.78. The quantitative estimate of drug-likeness (QED) is 0.602. The minimum atomic E-state index is -0.544. The SMILES string of the molecule is CCOC(=O)c1cnc(-c2c(OCc3ccccc3)c(C)nn2CC)o1. The first-order chi connectivity index (χ1) is 12.6. The van der Waals surface area contributed by atoms with Crippen molar-refractivity contribution in [2.24, 2.45) is 0 Å². The monoisotopic (exact) mass is 355 g/mol. The van der Waals surface area contributed by atoms with Gasteiger partial charge >= 0.3 is 5.97 Å². The van der Waals surface area contributed by atoms with Gasteiger partial charge in [-0.3, -0.25) is 4.68 Å². The molecular weight excluding hydrogens is 334 g/mol. The lowest BCUT2D eigenvalue weighted by Gasteiger charge is -2.08. The van der Waals surface area contributed by atoms with Gasteiger partial charge < -0.3 is 13.9 Å². The molecular formula is C19H21N3O4. The molecule has 0 saturated carbocycles. The Labute approximate surface area is 151 Å². The molecule has 7 heteroatoms. The molecule has 136 valence electrons. The number of ether oxygens (including phenoxy) is 2. The standard InChI is InChI=1S/C19H21N3O4/c1-4-22-16(18-20-11-15(26-18)19(23)24-5-2)17(13(3)21-22)25-12-14-9-7-6-8-10-14/h6-11H,4-5,12H2,1-3H3. The number of esters is 1. The molecule has 0 unspecified atom stereocenters. The van der Waals surface area contributed by atoms with Crippen LogP contribution in [0.1, 0.15) is 35.7 Å². The van der Waals surface area contributed by atoms with Crippen molar-refractivity contribution in [2.75, 3.05) is 6.61 Å². The molecule has 0 aliphatic carbocycles. The van der Waals surface area contributed by atoms with Gasteiger partial charge in [0.15, 0.2) is 11.4 Å². The van der Waals surface area contributed by atoms with Gasteiger partial charge in [-0.15, -0.1) is 0 Å². The van der Waals surface area contributed by atoms with Gasteiger partial charge in [0.05, 0.1) is 12.8 Å². The predicted molar refractivity (Wildman–Crippen MR) is 94.9 cm³/mol. The number of carbonyl (C=O) groups is 1. The molecule has 0 aliphatic heterocycles. The Hall–Kier alpha value is -3.09. The summed E-state index contributed by atoms with van der Waals surface area (Å²) in [5.74, 6) is 0.376. The smallest absolute Gasteiger partial charge is 0.375 e. The maximum atomic E-state index is 11.8. The second-order valence-electron chi connectivity index (χ2n) is 5.60. The van der Waals surface area contributed by atoms with E-state index >= 15 is 0 Å². The number of hydrogen-bond donors (Lipinski definition) is 0. The number of oxazole rings is 1. The van der Waals surface area contributed by atoms with Crippen molar-refractivity contribution in [1.29, 1.82) is 0 Å². The van der Waals surface area contributed by atoms with E-state index in [2.05, 4.69) is 10.1 Å². The summed E-state index contributed by atoms with van der Waals surface area (Å²) in [5.41, 5.74) is 2.38. The first kappa shape index (κ1) is 17.7. The molecule has 0 spiro atoms. The molecule has 0 bridgehead atoms. The normalized spacial score (nSPS) is 10.7. The van der Waals surface area contributed by atoms with Crippen molar-refractivity contribution >= 4 is 5.97 Å². The molecule has 3 aromatic rings. The Balaban J connectivity index is 1.92. The van der Waals surface area contributed by atoms with E-state index in [1.807, 2.05) is 44.2 Å². The second kappa shape index (κ2) is 7.86. The predicted octanol–water partition coefficient (Wildman–Crippen LogP) is 3.62. The fourth-order valence-corrected chi connectivity index (χ4v) is 2.58. The van der Waals surface area contributed by atoms with Crippen LogP contribution in [0.5, 0.6) is 5.75 Å². The van der Waals surface area contributed by atoms with Gasteiger partial charge in [-0.25, -0.2) is 9.78 Å². The van der Waals surface area contributed by atoms with Crippen molar-refractivity contribution < 1.29 is 18.7 Å². The summed E-state index contributed by atoms with van der Waals surface area (Å²) in [6, 6.07) is 9.86. The Kier molecular flexibility index (Phi) is 5.36. The van der Waals surface area contributed by atoms with Crippen LogP contribution in [0.15, 0.2) is 40.9 Å². The summed E-state index contributed by atoms with van der Waals surface area (Å²) >= 11 is 0. The number of aromatic nitrogens is 3. The topological polar surface area (TPSA) is 79.4 Å². The van der Waals surface area contributed by atoms with Crippen LogP contribution in [0.4, 0.5) is 0 Å². The van der Waals surface area contributed by atoms with Crippen molar-refractivity contribution in [1.82, 2.24) is 14.8 Å². The zero-order chi connectivity index (χ0) is 18.5. The molecule has 0 fully saturated rings. The number of carbonyl (C=O) groups excluding carboxylic acids is 1. The fraction of sp³-hybridized carbons (Fsp3) is 0.316. The molecule has 0 aliphatic rings. The van der Waals surface area contributed by atoms with Crippen LogP contribution in [0.2, 0.25) is 0 Å². The molecule has 2 heterocycles. The van der Waals surface area contributed by atoms with E-state index in [4.69, 9.17) is 13.9 Å². The summed E-state index contributed by atoms with van der Waals surface area (Å²) in [4.78, 5) is 16.1. The minimum Gasteiger partial charge on any atom is -0.484 e. The highest BCUT2D eigenvalue weighted by molar-refractivity contribution is 5.86.